The van der Waals surface area contributed by atoms with Gasteiger partial charge in [0.25, 0.3) is 0 Å². The monoisotopic (exact) mass is 213 g/mol. The van der Waals surface area contributed by atoms with E-state index >= 15 is 0 Å². The van der Waals surface area contributed by atoms with Crippen LogP contribution in [0.3, 0.4) is 0 Å². The number of halogens is 2. The summed E-state index contributed by atoms with van der Waals surface area (Å²) in [6.45, 7) is 1.68. The maximum atomic E-state index is 12.9. The van der Waals surface area contributed by atoms with Crippen LogP contribution in [0, 0.1) is 11.6 Å². The number of benzene rings is 1. The minimum atomic E-state index is -0.930. The van der Waals surface area contributed by atoms with Gasteiger partial charge in [0.05, 0.1) is 6.04 Å². The molecule has 0 aromatic heterocycles. The number of cyclic esters (lactones) is 1. The van der Waals surface area contributed by atoms with E-state index in [4.69, 9.17) is 4.74 Å². The molecule has 1 saturated heterocycles. The van der Waals surface area contributed by atoms with Crippen LogP contribution in [0.1, 0.15) is 18.5 Å². The zero-order valence-corrected chi connectivity index (χ0v) is 7.96. The Labute approximate surface area is 85.0 Å². The van der Waals surface area contributed by atoms with Crippen LogP contribution in [0.4, 0.5) is 13.6 Å². The summed E-state index contributed by atoms with van der Waals surface area (Å²) < 4.78 is 30.4. The van der Waals surface area contributed by atoms with Gasteiger partial charge in [-0.3, -0.25) is 0 Å². The Morgan fingerprint density at radius 1 is 1.33 bits per heavy atom. The van der Waals surface area contributed by atoms with Crippen LogP contribution < -0.4 is 5.32 Å². The van der Waals surface area contributed by atoms with E-state index in [0.29, 0.717) is 5.56 Å². The molecule has 15 heavy (non-hydrogen) atoms. The Morgan fingerprint density at radius 2 is 2.07 bits per heavy atom. The average Bonchev–Trinajstić information content (AvgIpc) is 2.50. The van der Waals surface area contributed by atoms with Gasteiger partial charge < -0.3 is 10.1 Å². The number of carbonyl (C=O) groups is 1. The fourth-order valence-electron chi connectivity index (χ4n) is 1.58. The fourth-order valence-corrected chi connectivity index (χ4v) is 1.58. The van der Waals surface area contributed by atoms with Gasteiger partial charge in [-0.1, -0.05) is 6.07 Å². The molecular formula is C10H9F2NO2. The highest BCUT2D eigenvalue weighted by Crippen LogP contribution is 2.25. The molecule has 0 radical (unpaired) electrons. The topological polar surface area (TPSA) is 38.3 Å². The normalized spacial score (nSPS) is 24.9. The zero-order chi connectivity index (χ0) is 11.0. The summed E-state index contributed by atoms with van der Waals surface area (Å²) in [6.07, 6.45) is -0.931. The van der Waals surface area contributed by atoms with Crippen molar-refractivity contribution in [2.45, 2.75) is 19.1 Å². The second kappa shape index (κ2) is 3.49. The van der Waals surface area contributed by atoms with Crippen LogP contribution in [-0.2, 0) is 4.74 Å². The number of hydrogen-bond donors (Lipinski definition) is 1. The molecule has 1 amide bonds. The lowest BCUT2D eigenvalue weighted by molar-refractivity contribution is 0.141. The van der Waals surface area contributed by atoms with E-state index in [2.05, 4.69) is 5.32 Å². The Kier molecular flexibility index (Phi) is 2.30. The zero-order valence-electron chi connectivity index (χ0n) is 7.96. The number of alkyl carbamates (subject to hydrolysis) is 1. The molecule has 2 atom stereocenters. The largest absolute Gasteiger partial charge is 0.444 e. The van der Waals surface area contributed by atoms with Crippen LogP contribution in [-0.4, -0.2) is 12.2 Å². The van der Waals surface area contributed by atoms with Crippen molar-refractivity contribution in [3.05, 3.63) is 35.4 Å². The molecule has 1 aliphatic heterocycles. The lowest BCUT2D eigenvalue weighted by Gasteiger charge is -2.12. The maximum absolute atomic E-state index is 12.9. The number of ether oxygens (including phenoxy) is 1. The first-order chi connectivity index (χ1) is 7.08. The van der Waals surface area contributed by atoms with E-state index < -0.39 is 23.8 Å². The number of amides is 1. The predicted octanol–water partition coefficient (Wildman–Crippen LogP) is 2.13. The smallest absolute Gasteiger partial charge is 0.408 e. The van der Waals surface area contributed by atoms with Crippen LogP contribution in [0.2, 0.25) is 0 Å². The summed E-state index contributed by atoms with van der Waals surface area (Å²) in [5.41, 5.74) is 0.493. The lowest BCUT2D eigenvalue weighted by Crippen LogP contribution is -2.21. The Bertz CT molecular complexity index is 408. The predicted molar refractivity (Wildman–Crippen MR) is 48.2 cm³/mol. The summed E-state index contributed by atoms with van der Waals surface area (Å²) in [4.78, 5) is 10.9. The minimum absolute atomic E-state index is 0.387. The van der Waals surface area contributed by atoms with E-state index in [-0.39, 0.29) is 6.10 Å². The maximum Gasteiger partial charge on any atom is 0.408 e. The van der Waals surface area contributed by atoms with Crippen molar-refractivity contribution in [3.63, 3.8) is 0 Å². The molecule has 0 saturated carbocycles. The van der Waals surface area contributed by atoms with Crippen molar-refractivity contribution >= 4 is 6.09 Å². The van der Waals surface area contributed by atoms with E-state index in [1.54, 1.807) is 6.92 Å². The van der Waals surface area contributed by atoms with Gasteiger partial charge >= 0.3 is 6.09 Å². The average molecular weight is 213 g/mol. The van der Waals surface area contributed by atoms with Gasteiger partial charge in [-0.2, -0.15) is 0 Å². The van der Waals surface area contributed by atoms with Crippen molar-refractivity contribution in [2.24, 2.45) is 0 Å². The molecule has 1 aromatic rings. The molecule has 1 aromatic carbocycles. The minimum Gasteiger partial charge on any atom is -0.444 e. The first-order valence-corrected chi connectivity index (χ1v) is 4.50. The molecule has 80 valence electrons. The van der Waals surface area contributed by atoms with Crippen LogP contribution in [0.15, 0.2) is 18.2 Å². The molecule has 1 N–H and O–H groups in total. The van der Waals surface area contributed by atoms with E-state index in [0.717, 1.165) is 12.1 Å². The second-order valence-electron chi connectivity index (χ2n) is 3.41. The number of nitrogens with one attached hydrogen (secondary N) is 1. The summed E-state index contributed by atoms with van der Waals surface area (Å²) in [6, 6.07) is 3.09. The molecule has 0 bridgehead atoms. The molecule has 0 unspecified atom stereocenters. The third kappa shape index (κ3) is 1.77. The molecule has 2 rings (SSSR count). The number of hydrogen-bond acceptors (Lipinski definition) is 2. The first-order valence-electron chi connectivity index (χ1n) is 4.50. The van der Waals surface area contributed by atoms with Crippen LogP contribution in [0.5, 0.6) is 0 Å². The van der Waals surface area contributed by atoms with Crippen molar-refractivity contribution in [1.29, 1.82) is 0 Å². The summed E-state index contributed by atoms with van der Waals surface area (Å²) in [5, 5.41) is 2.52. The molecule has 1 fully saturated rings. The third-order valence-electron chi connectivity index (χ3n) is 2.34. The van der Waals surface area contributed by atoms with Crippen molar-refractivity contribution in [1.82, 2.24) is 5.32 Å². The van der Waals surface area contributed by atoms with Gasteiger partial charge in [-0.25, -0.2) is 13.6 Å². The molecule has 3 nitrogen and oxygen atoms in total. The van der Waals surface area contributed by atoms with Crippen molar-refractivity contribution in [2.75, 3.05) is 0 Å². The SMILES string of the molecule is C[C@H]1OC(=O)N[C@H]1c1ccc(F)c(F)c1. The molecule has 5 heteroatoms. The molecule has 0 spiro atoms. The summed E-state index contributed by atoms with van der Waals surface area (Å²) >= 11 is 0. The van der Waals surface area contributed by atoms with Gasteiger partial charge in [0.15, 0.2) is 11.6 Å². The first kappa shape index (κ1) is 9.89. The van der Waals surface area contributed by atoms with E-state index in [9.17, 15) is 13.6 Å². The van der Waals surface area contributed by atoms with Gasteiger partial charge in [0, 0.05) is 0 Å². The highest BCUT2D eigenvalue weighted by atomic mass is 19.2. The van der Waals surface area contributed by atoms with Gasteiger partial charge in [-0.05, 0) is 24.6 Å². The third-order valence-corrected chi connectivity index (χ3v) is 2.34. The van der Waals surface area contributed by atoms with Crippen molar-refractivity contribution in [3.8, 4) is 0 Å². The summed E-state index contributed by atoms with van der Waals surface area (Å²) in [5.74, 6) is -1.84. The highest BCUT2D eigenvalue weighted by Gasteiger charge is 2.31. The molecular weight excluding hydrogens is 204 g/mol. The number of carbonyl (C=O) groups excluding carboxylic acids is 1. The molecule has 0 aliphatic carbocycles. The highest BCUT2D eigenvalue weighted by molar-refractivity contribution is 5.70. The Morgan fingerprint density at radius 3 is 2.60 bits per heavy atom. The second-order valence-corrected chi connectivity index (χ2v) is 3.41. The van der Waals surface area contributed by atoms with E-state index in [1.165, 1.54) is 6.07 Å². The molecule has 1 heterocycles. The van der Waals surface area contributed by atoms with Crippen molar-refractivity contribution < 1.29 is 18.3 Å². The Hall–Kier alpha value is -1.65. The Balaban J connectivity index is 2.30. The quantitative estimate of drug-likeness (QED) is 0.776. The standard InChI is InChI=1S/C10H9F2NO2/c1-5-9(13-10(14)15-5)6-2-3-7(11)8(12)4-6/h2-5,9H,1H3,(H,13,14)/t5-,9-/m1/s1. The van der Waals surface area contributed by atoms with Gasteiger partial charge in [0.2, 0.25) is 0 Å². The van der Waals surface area contributed by atoms with Gasteiger partial charge in [-0.15, -0.1) is 0 Å². The fraction of sp³-hybridized carbons (Fsp3) is 0.300. The van der Waals surface area contributed by atoms with E-state index in [1.807, 2.05) is 0 Å². The van der Waals surface area contributed by atoms with Crippen LogP contribution in [0.25, 0.3) is 0 Å². The summed E-state index contributed by atoms with van der Waals surface area (Å²) in [7, 11) is 0. The van der Waals surface area contributed by atoms with Crippen LogP contribution >= 0.6 is 0 Å². The molecule has 1 aliphatic rings. The van der Waals surface area contributed by atoms with Gasteiger partial charge in [0.1, 0.15) is 6.10 Å². The lowest BCUT2D eigenvalue weighted by atomic mass is 10.0. The number of rotatable bonds is 1.